The van der Waals surface area contributed by atoms with Crippen LogP contribution in [0.15, 0.2) is 30.5 Å². The van der Waals surface area contributed by atoms with Crippen LogP contribution in [0.4, 0.5) is 10.1 Å². The summed E-state index contributed by atoms with van der Waals surface area (Å²) in [5.74, 6) is -0.0439. The van der Waals surface area contributed by atoms with Crippen LogP contribution in [0.5, 0.6) is 0 Å². The van der Waals surface area contributed by atoms with E-state index in [1.165, 1.54) is 6.07 Å². The Hall–Kier alpha value is -2.21. The fourth-order valence-electron chi connectivity index (χ4n) is 2.77. The average molecular weight is 302 g/mol. The number of hydrogen-bond donors (Lipinski definition) is 3. The van der Waals surface area contributed by atoms with Gasteiger partial charge in [-0.25, -0.2) is 4.39 Å². The number of benzene rings is 1. The summed E-state index contributed by atoms with van der Waals surface area (Å²) in [6.45, 7) is 1.87. The number of amides is 1. The zero-order valence-corrected chi connectivity index (χ0v) is 12.2. The molecule has 0 aliphatic carbocycles. The standard InChI is InChI=1S/C16H19FN4O/c17-13-4-2-1-3-11(13)5-6-15(22)20-14-10-19-21-16(14)12-7-8-18-9-12/h1-4,10,12,18H,5-9H2,(H,19,21)(H,20,22). The highest BCUT2D eigenvalue weighted by Crippen LogP contribution is 2.26. The molecule has 1 saturated heterocycles. The molecule has 0 radical (unpaired) electrons. The summed E-state index contributed by atoms with van der Waals surface area (Å²) in [6, 6.07) is 6.54. The molecule has 2 heterocycles. The van der Waals surface area contributed by atoms with Gasteiger partial charge < -0.3 is 10.6 Å². The number of nitrogens with zero attached hydrogens (tertiary/aromatic N) is 1. The number of halogens is 1. The maximum atomic E-state index is 13.5. The van der Waals surface area contributed by atoms with Gasteiger partial charge in [0.15, 0.2) is 0 Å². The Morgan fingerprint density at radius 2 is 2.27 bits per heavy atom. The molecule has 0 spiro atoms. The minimum Gasteiger partial charge on any atom is -0.323 e. The third-order valence-electron chi connectivity index (χ3n) is 3.99. The Morgan fingerprint density at radius 3 is 3.05 bits per heavy atom. The molecule has 1 amide bonds. The molecule has 1 unspecified atom stereocenters. The summed E-state index contributed by atoms with van der Waals surface area (Å²) in [4.78, 5) is 12.1. The second-order valence-corrected chi connectivity index (χ2v) is 5.53. The van der Waals surface area contributed by atoms with Gasteiger partial charge in [0.25, 0.3) is 0 Å². The molecule has 0 saturated carbocycles. The Labute approximate surface area is 128 Å². The largest absolute Gasteiger partial charge is 0.323 e. The SMILES string of the molecule is O=C(CCc1ccccc1F)Nc1cn[nH]c1C1CCNC1. The molecular formula is C16H19FN4O. The van der Waals surface area contributed by atoms with E-state index in [1.54, 1.807) is 24.4 Å². The van der Waals surface area contributed by atoms with E-state index in [9.17, 15) is 9.18 Å². The van der Waals surface area contributed by atoms with Gasteiger partial charge in [0.1, 0.15) is 5.82 Å². The lowest BCUT2D eigenvalue weighted by molar-refractivity contribution is -0.116. The third-order valence-corrected chi connectivity index (χ3v) is 3.99. The molecule has 1 atom stereocenters. The molecule has 3 N–H and O–H groups in total. The van der Waals surface area contributed by atoms with Crippen molar-refractivity contribution in [1.29, 1.82) is 0 Å². The van der Waals surface area contributed by atoms with Gasteiger partial charge in [-0.1, -0.05) is 18.2 Å². The Balaban J connectivity index is 1.58. The van der Waals surface area contributed by atoms with Crippen LogP contribution in [0.3, 0.4) is 0 Å². The number of aromatic amines is 1. The predicted molar refractivity (Wildman–Crippen MR) is 82.2 cm³/mol. The van der Waals surface area contributed by atoms with Crippen LogP contribution in [0.1, 0.15) is 30.0 Å². The van der Waals surface area contributed by atoms with Crippen LogP contribution >= 0.6 is 0 Å². The molecule has 5 nitrogen and oxygen atoms in total. The highest BCUT2D eigenvalue weighted by Gasteiger charge is 2.22. The number of anilines is 1. The number of nitrogens with one attached hydrogen (secondary N) is 3. The molecule has 116 valence electrons. The van der Waals surface area contributed by atoms with Gasteiger partial charge in [-0.2, -0.15) is 5.10 Å². The van der Waals surface area contributed by atoms with Gasteiger partial charge in [-0.15, -0.1) is 0 Å². The monoisotopic (exact) mass is 302 g/mol. The Kier molecular flexibility index (Phi) is 4.48. The highest BCUT2D eigenvalue weighted by molar-refractivity contribution is 5.91. The predicted octanol–water partition coefficient (Wildman–Crippen LogP) is 2.20. The van der Waals surface area contributed by atoms with Crippen LogP contribution in [-0.2, 0) is 11.2 Å². The number of rotatable bonds is 5. The fraction of sp³-hybridized carbons (Fsp3) is 0.375. The molecule has 1 aromatic heterocycles. The maximum Gasteiger partial charge on any atom is 0.224 e. The zero-order chi connectivity index (χ0) is 15.4. The van der Waals surface area contributed by atoms with Crippen LogP contribution < -0.4 is 10.6 Å². The topological polar surface area (TPSA) is 69.8 Å². The molecular weight excluding hydrogens is 283 g/mol. The lowest BCUT2D eigenvalue weighted by atomic mass is 10.0. The van der Waals surface area contributed by atoms with Gasteiger partial charge >= 0.3 is 0 Å². The van der Waals surface area contributed by atoms with Gasteiger partial charge in [0.05, 0.1) is 17.6 Å². The van der Waals surface area contributed by atoms with Gasteiger partial charge in [-0.3, -0.25) is 9.89 Å². The van der Waals surface area contributed by atoms with E-state index in [2.05, 4.69) is 20.8 Å². The van der Waals surface area contributed by atoms with Crippen molar-refractivity contribution in [2.75, 3.05) is 18.4 Å². The van der Waals surface area contributed by atoms with Crippen molar-refractivity contribution in [2.45, 2.75) is 25.2 Å². The molecule has 0 bridgehead atoms. The van der Waals surface area contributed by atoms with Crippen molar-refractivity contribution in [2.24, 2.45) is 0 Å². The van der Waals surface area contributed by atoms with Crippen molar-refractivity contribution < 1.29 is 9.18 Å². The molecule has 3 rings (SSSR count). The molecule has 1 fully saturated rings. The van der Waals surface area contributed by atoms with E-state index in [4.69, 9.17) is 0 Å². The van der Waals surface area contributed by atoms with E-state index in [0.717, 1.165) is 30.9 Å². The van der Waals surface area contributed by atoms with Crippen molar-refractivity contribution >= 4 is 11.6 Å². The van der Waals surface area contributed by atoms with E-state index in [1.807, 2.05) is 0 Å². The van der Waals surface area contributed by atoms with Crippen molar-refractivity contribution in [3.63, 3.8) is 0 Å². The molecule has 1 aliphatic rings. The van der Waals surface area contributed by atoms with Gasteiger partial charge in [-0.05, 0) is 31.0 Å². The first-order valence-corrected chi connectivity index (χ1v) is 7.51. The summed E-state index contributed by atoms with van der Waals surface area (Å²) >= 11 is 0. The van der Waals surface area contributed by atoms with Gasteiger partial charge in [0.2, 0.25) is 5.91 Å². The van der Waals surface area contributed by atoms with E-state index >= 15 is 0 Å². The number of H-pyrrole nitrogens is 1. The molecule has 22 heavy (non-hydrogen) atoms. The number of carbonyl (C=O) groups is 1. The summed E-state index contributed by atoms with van der Waals surface area (Å²) in [5, 5.41) is 13.2. The minimum absolute atomic E-state index is 0.128. The number of hydrogen-bond acceptors (Lipinski definition) is 3. The first-order valence-electron chi connectivity index (χ1n) is 7.51. The van der Waals surface area contributed by atoms with Crippen molar-refractivity contribution in [3.8, 4) is 0 Å². The van der Waals surface area contributed by atoms with E-state index in [0.29, 0.717) is 17.9 Å². The smallest absolute Gasteiger partial charge is 0.224 e. The lowest BCUT2D eigenvalue weighted by Crippen LogP contribution is -2.15. The van der Waals surface area contributed by atoms with Crippen LogP contribution in [0, 0.1) is 5.82 Å². The lowest BCUT2D eigenvalue weighted by Gasteiger charge is -2.10. The second kappa shape index (κ2) is 6.70. The number of aromatic nitrogens is 2. The first kappa shape index (κ1) is 14.7. The minimum atomic E-state index is -0.267. The first-order chi connectivity index (χ1) is 10.7. The van der Waals surface area contributed by atoms with Crippen molar-refractivity contribution in [1.82, 2.24) is 15.5 Å². The molecule has 2 aromatic rings. The van der Waals surface area contributed by atoms with Crippen LogP contribution in [0.25, 0.3) is 0 Å². The zero-order valence-electron chi connectivity index (χ0n) is 12.2. The average Bonchev–Trinajstić information content (AvgIpc) is 3.17. The highest BCUT2D eigenvalue weighted by atomic mass is 19.1. The summed E-state index contributed by atoms with van der Waals surface area (Å²) in [6.07, 6.45) is 3.29. The second-order valence-electron chi connectivity index (χ2n) is 5.53. The van der Waals surface area contributed by atoms with Crippen LogP contribution in [-0.4, -0.2) is 29.2 Å². The maximum absolute atomic E-state index is 13.5. The van der Waals surface area contributed by atoms with Gasteiger partial charge in [0, 0.05) is 18.9 Å². The van der Waals surface area contributed by atoms with Crippen LogP contribution in [0.2, 0.25) is 0 Å². The summed E-state index contributed by atoms with van der Waals surface area (Å²) in [7, 11) is 0. The molecule has 1 aromatic carbocycles. The molecule has 6 heteroatoms. The summed E-state index contributed by atoms with van der Waals surface area (Å²) in [5.41, 5.74) is 2.25. The number of aryl methyl sites for hydroxylation is 1. The van der Waals surface area contributed by atoms with E-state index in [-0.39, 0.29) is 18.1 Å². The Bertz CT molecular complexity index is 649. The third kappa shape index (κ3) is 3.33. The quantitative estimate of drug-likeness (QED) is 0.793. The Morgan fingerprint density at radius 1 is 1.41 bits per heavy atom. The molecule has 1 aliphatic heterocycles. The summed E-state index contributed by atoms with van der Waals surface area (Å²) < 4.78 is 13.5. The fourth-order valence-corrected chi connectivity index (χ4v) is 2.77. The number of carbonyl (C=O) groups excluding carboxylic acids is 1. The van der Waals surface area contributed by atoms with Crippen molar-refractivity contribution in [3.05, 3.63) is 47.5 Å². The van der Waals surface area contributed by atoms with E-state index < -0.39 is 0 Å². The normalized spacial score (nSPS) is 17.6.